The number of benzene rings is 2. The molecule has 1 fully saturated rings. The zero-order chi connectivity index (χ0) is 27.3. The summed E-state index contributed by atoms with van der Waals surface area (Å²) in [7, 11) is 0.327. The number of sulfonamides is 1. The van der Waals surface area contributed by atoms with Crippen molar-refractivity contribution >= 4 is 28.0 Å². The predicted molar refractivity (Wildman–Crippen MR) is 135 cm³/mol. The summed E-state index contributed by atoms with van der Waals surface area (Å²) >= 11 is 0. The van der Waals surface area contributed by atoms with Crippen molar-refractivity contribution in [3.8, 4) is 5.75 Å². The number of rotatable bonds is 8. The van der Waals surface area contributed by atoms with Crippen LogP contribution in [0.2, 0.25) is 0 Å². The molecule has 11 nitrogen and oxygen atoms in total. The van der Waals surface area contributed by atoms with Gasteiger partial charge in [0.25, 0.3) is 0 Å². The highest BCUT2D eigenvalue weighted by molar-refractivity contribution is 7.89. The van der Waals surface area contributed by atoms with Gasteiger partial charge in [0.05, 0.1) is 12.0 Å². The second-order valence-electron chi connectivity index (χ2n) is 9.09. The maximum absolute atomic E-state index is 13.3. The fourth-order valence-corrected chi connectivity index (χ4v) is 5.57. The molecule has 0 saturated carbocycles. The smallest absolute Gasteiger partial charge is 0.414 e. The van der Waals surface area contributed by atoms with Gasteiger partial charge >= 0.3 is 12.1 Å². The minimum atomic E-state index is -3.99. The van der Waals surface area contributed by atoms with Gasteiger partial charge in [-0.1, -0.05) is 29.8 Å². The molecule has 3 N–H and O–H groups in total. The standard InChI is InChI=1S/C25H32N4O7S/c1-16-5-11-20(12-6-16)37(33,34)29-15-18(26)14-22(29)23(30)27-21(24(31)35-4)13-17-7-9-19(10-8-17)36-25(32)28(2)3/h5-12,18,21-22H,13-15,26H2,1-4H3,(H,27,30)/t18-,21+,22+/m1/s1. The SMILES string of the molecule is COC(=O)[C@H](Cc1ccc(OC(=O)N(C)C)cc1)NC(=O)[C@@H]1C[C@@H](N)CN1S(=O)(=O)c1ccc(C)cc1. The number of nitrogens with one attached hydrogen (secondary N) is 1. The Balaban J connectivity index is 1.76. The molecule has 200 valence electrons. The minimum absolute atomic E-state index is 0.0235. The van der Waals surface area contributed by atoms with Gasteiger partial charge in [-0.25, -0.2) is 18.0 Å². The van der Waals surface area contributed by atoms with E-state index in [1.807, 2.05) is 6.92 Å². The van der Waals surface area contributed by atoms with Crippen LogP contribution in [-0.4, -0.2) is 81.5 Å². The zero-order valence-electron chi connectivity index (χ0n) is 21.2. The summed E-state index contributed by atoms with van der Waals surface area (Å²) < 4.78 is 37.7. The molecule has 2 aromatic carbocycles. The third-order valence-electron chi connectivity index (χ3n) is 5.95. The maximum atomic E-state index is 13.3. The predicted octanol–water partition coefficient (Wildman–Crippen LogP) is 1.05. The van der Waals surface area contributed by atoms with E-state index in [4.69, 9.17) is 15.2 Å². The van der Waals surface area contributed by atoms with Gasteiger partial charge in [-0.05, 0) is 43.2 Å². The van der Waals surface area contributed by atoms with Crippen LogP contribution in [0, 0.1) is 6.92 Å². The Labute approximate surface area is 216 Å². The molecule has 0 unspecified atom stereocenters. The topological polar surface area (TPSA) is 148 Å². The van der Waals surface area contributed by atoms with Crippen molar-refractivity contribution < 1.29 is 32.3 Å². The van der Waals surface area contributed by atoms with E-state index in [1.165, 1.54) is 24.1 Å². The Morgan fingerprint density at radius 2 is 1.73 bits per heavy atom. The molecule has 0 aromatic heterocycles. The van der Waals surface area contributed by atoms with Crippen LogP contribution in [0.5, 0.6) is 5.75 Å². The van der Waals surface area contributed by atoms with Gasteiger partial charge in [0, 0.05) is 33.1 Å². The lowest BCUT2D eigenvalue weighted by molar-refractivity contribution is -0.145. The van der Waals surface area contributed by atoms with E-state index >= 15 is 0 Å². The number of amides is 2. The van der Waals surface area contributed by atoms with Crippen molar-refractivity contribution in [2.24, 2.45) is 5.73 Å². The number of hydrogen-bond donors (Lipinski definition) is 2. The van der Waals surface area contributed by atoms with Crippen molar-refractivity contribution in [1.29, 1.82) is 0 Å². The average Bonchev–Trinajstić information content (AvgIpc) is 3.27. The van der Waals surface area contributed by atoms with E-state index in [-0.39, 0.29) is 24.3 Å². The first-order chi connectivity index (χ1) is 17.4. The highest BCUT2D eigenvalue weighted by Crippen LogP contribution is 2.26. The molecular formula is C25H32N4O7S. The Morgan fingerprint density at radius 1 is 1.11 bits per heavy atom. The van der Waals surface area contributed by atoms with E-state index in [0.29, 0.717) is 11.3 Å². The Bertz CT molecular complexity index is 1230. The minimum Gasteiger partial charge on any atom is -0.467 e. The van der Waals surface area contributed by atoms with E-state index < -0.39 is 46.1 Å². The van der Waals surface area contributed by atoms with Crippen LogP contribution in [0.1, 0.15) is 17.5 Å². The summed E-state index contributed by atoms with van der Waals surface area (Å²) in [6.07, 6.45) is -0.354. The Kier molecular flexibility index (Phi) is 8.89. The largest absolute Gasteiger partial charge is 0.467 e. The number of nitrogens with two attached hydrogens (primary N) is 1. The third-order valence-corrected chi connectivity index (χ3v) is 7.84. The fraction of sp³-hybridized carbons (Fsp3) is 0.400. The molecule has 1 aliphatic heterocycles. The molecule has 2 aromatic rings. The monoisotopic (exact) mass is 532 g/mol. The van der Waals surface area contributed by atoms with Crippen molar-refractivity contribution in [3.05, 3.63) is 59.7 Å². The van der Waals surface area contributed by atoms with Crippen LogP contribution >= 0.6 is 0 Å². The van der Waals surface area contributed by atoms with Gasteiger partial charge in [-0.2, -0.15) is 4.31 Å². The number of carbonyl (C=O) groups excluding carboxylic acids is 3. The van der Waals surface area contributed by atoms with Crippen LogP contribution in [0.4, 0.5) is 4.79 Å². The highest BCUT2D eigenvalue weighted by Gasteiger charge is 2.43. The molecule has 0 bridgehead atoms. The molecule has 0 radical (unpaired) electrons. The molecule has 37 heavy (non-hydrogen) atoms. The van der Waals surface area contributed by atoms with E-state index in [0.717, 1.165) is 9.87 Å². The van der Waals surface area contributed by atoms with E-state index in [1.54, 1.807) is 50.5 Å². The molecule has 2 amide bonds. The second-order valence-corrected chi connectivity index (χ2v) is 11.0. The molecule has 1 saturated heterocycles. The van der Waals surface area contributed by atoms with Gasteiger partial charge in [0.15, 0.2) is 0 Å². The summed E-state index contributed by atoms with van der Waals surface area (Å²) in [5.41, 5.74) is 7.60. The third kappa shape index (κ3) is 6.85. The molecule has 3 atom stereocenters. The average molecular weight is 533 g/mol. The number of hydrogen-bond acceptors (Lipinski definition) is 8. The van der Waals surface area contributed by atoms with Gasteiger partial charge in [0.2, 0.25) is 15.9 Å². The van der Waals surface area contributed by atoms with Crippen LogP contribution in [0.3, 0.4) is 0 Å². The number of esters is 1. The molecular weight excluding hydrogens is 500 g/mol. The zero-order valence-corrected chi connectivity index (χ0v) is 22.0. The van der Waals surface area contributed by atoms with Gasteiger partial charge in [-0.15, -0.1) is 0 Å². The second kappa shape index (κ2) is 11.7. The Morgan fingerprint density at radius 3 is 2.30 bits per heavy atom. The van der Waals surface area contributed by atoms with Gasteiger partial charge in [0.1, 0.15) is 17.8 Å². The fourth-order valence-electron chi connectivity index (χ4n) is 3.91. The lowest BCUT2D eigenvalue weighted by atomic mass is 10.0. The molecule has 12 heteroatoms. The van der Waals surface area contributed by atoms with Crippen LogP contribution in [-0.2, 0) is 30.8 Å². The van der Waals surface area contributed by atoms with Crippen LogP contribution < -0.4 is 15.8 Å². The normalized spacial score (nSPS) is 18.6. The molecule has 0 aliphatic carbocycles. The maximum Gasteiger partial charge on any atom is 0.414 e. The van der Waals surface area contributed by atoms with E-state index in [2.05, 4.69) is 5.32 Å². The molecule has 0 spiro atoms. The number of methoxy groups -OCH3 is 1. The highest BCUT2D eigenvalue weighted by atomic mass is 32.2. The first-order valence-electron chi connectivity index (χ1n) is 11.6. The molecule has 3 rings (SSSR count). The summed E-state index contributed by atoms with van der Waals surface area (Å²) in [6.45, 7) is 1.82. The van der Waals surface area contributed by atoms with Crippen molar-refractivity contribution in [2.45, 2.75) is 42.8 Å². The lowest BCUT2D eigenvalue weighted by Crippen LogP contribution is -2.51. The number of carbonyl (C=O) groups is 3. The molecule has 1 heterocycles. The van der Waals surface area contributed by atoms with Gasteiger partial charge in [-0.3, -0.25) is 4.79 Å². The van der Waals surface area contributed by atoms with Gasteiger partial charge < -0.3 is 25.4 Å². The Hall–Kier alpha value is -3.48. The van der Waals surface area contributed by atoms with Crippen LogP contribution in [0.25, 0.3) is 0 Å². The summed E-state index contributed by atoms with van der Waals surface area (Å²) in [4.78, 5) is 38.8. The van der Waals surface area contributed by atoms with E-state index in [9.17, 15) is 22.8 Å². The molecule has 1 aliphatic rings. The van der Waals surface area contributed by atoms with Crippen molar-refractivity contribution in [1.82, 2.24) is 14.5 Å². The summed E-state index contributed by atoms with van der Waals surface area (Å²) in [5.74, 6) is -1.01. The summed E-state index contributed by atoms with van der Waals surface area (Å²) in [6, 6.07) is 10.1. The lowest BCUT2D eigenvalue weighted by Gasteiger charge is -2.25. The number of aryl methyl sites for hydroxylation is 1. The quantitative estimate of drug-likeness (QED) is 0.479. The number of ether oxygens (including phenoxy) is 2. The summed E-state index contributed by atoms with van der Waals surface area (Å²) in [5, 5.41) is 2.64. The van der Waals surface area contributed by atoms with Crippen LogP contribution in [0.15, 0.2) is 53.4 Å². The first kappa shape index (κ1) is 28.1. The first-order valence-corrected chi connectivity index (χ1v) is 13.1. The van der Waals surface area contributed by atoms with Crippen molar-refractivity contribution in [2.75, 3.05) is 27.7 Å². The van der Waals surface area contributed by atoms with Crippen molar-refractivity contribution in [3.63, 3.8) is 0 Å². The number of nitrogens with zero attached hydrogens (tertiary/aromatic N) is 2.